The number of hydrogen-bond acceptors (Lipinski definition) is 3. The number of rotatable bonds is 4. The first-order chi connectivity index (χ1) is 9.51. The lowest BCUT2D eigenvalue weighted by atomic mass is 9.96. The Labute approximate surface area is 116 Å². The summed E-state index contributed by atoms with van der Waals surface area (Å²) in [6.45, 7) is 2.34. The second-order valence-corrected chi connectivity index (χ2v) is 5.64. The third-order valence-corrected chi connectivity index (χ3v) is 4.00. The van der Waals surface area contributed by atoms with Crippen molar-refractivity contribution in [3.8, 4) is 0 Å². The van der Waals surface area contributed by atoms with E-state index in [4.69, 9.17) is 10.2 Å². The minimum atomic E-state index is -0.401. The Hall–Kier alpha value is -1.88. The van der Waals surface area contributed by atoms with E-state index in [0.717, 1.165) is 12.8 Å². The number of hydrogen-bond donors (Lipinski definition) is 2. The molecule has 1 heterocycles. The Kier molecular flexibility index (Phi) is 3.01. The standard InChI is InChI=1S/C15H17FN2O2/c1-15(8-17,10-2-3-10)18-14(19)13-7-9-6-11(16)4-5-12(9)20-13/h4-7,10H,2-3,8,17H2,1H3,(H,18,19). The first-order valence-electron chi connectivity index (χ1n) is 6.73. The van der Waals surface area contributed by atoms with Crippen LogP contribution in [-0.2, 0) is 0 Å². The van der Waals surface area contributed by atoms with Gasteiger partial charge in [0.05, 0.1) is 5.54 Å². The average molecular weight is 276 g/mol. The van der Waals surface area contributed by atoms with E-state index in [1.54, 1.807) is 6.07 Å². The van der Waals surface area contributed by atoms with Gasteiger partial charge in [0.25, 0.3) is 5.91 Å². The topological polar surface area (TPSA) is 68.3 Å². The monoisotopic (exact) mass is 276 g/mol. The molecule has 4 nitrogen and oxygen atoms in total. The summed E-state index contributed by atoms with van der Waals surface area (Å²) < 4.78 is 18.6. The van der Waals surface area contributed by atoms with Crippen LogP contribution in [0.1, 0.15) is 30.3 Å². The van der Waals surface area contributed by atoms with Gasteiger partial charge in [-0.1, -0.05) is 0 Å². The van der Waals surface area contributed by atoms with Gasteiger partial charge in [0.2, 0.25) is 0 Å². The molecule has 2 aromatic rings. The molecule has 0 saturated heterocycles. The van der Waals surface area contributed by atoms with Gasteiger partial charge in [-0.15, -0.1) is 0 Å². The highest BCUT2D eigenvalue weighted by Gasteiger charge is 2.42. The van der Waals surface area contributed by atoms with Crippen LogP contribution >= 0.6 is 0 Å². The van der Waals surface area contributed by atoms with Crippen LogP contribution < -0.4 is 11.1 Å². The highest BCUT2D eigenvalue weighted by molar-refractivity contribution is 5.96. The minimum absolute atomic E-state index is 0.186. The predicted molar refractivity (Wildman–Crippen MR) is 73.8 cm³/mol. The third kappa shape index (κ3) is 2.29. The van der Waals surface area contributed by atoms with E-state index in [9.17, 15) is 9.18 Å². The molecule has 1 unspecified atom stereocenters. The first kappa shape index (κ1) is 13.1. The maximum atomic E-state index is 13.1. The van der Waals surface area contributed by atoms with Crippen molar-refractivity contribution in [1.29, 1.82) is 0 Å². The smallest absolute Gasteiger partial charge is 0.287 e. The molecular weight excluding hydrogens is 259 g/mol. The van der Waals surface area contributed by atoms with Crippen molar-refractivity contribution in [2.24, 2.45) is 11.7 Å². The molecule has 20 heavy (non-hydrogen) atoms. The summed E-state index contributed by atoms with van der Waals surface area (Å²) in [4.78, 5) is 12.3. The summed E-state index contributed by atoms with van der Waals surface area (Å²) in [5.41, 5.74) is 5.87. The fraction of sp³-hybridized carbons (Fsp3) is 0.400. The third-order valence-electron chi connectivity index (χ3n) is 4.00. The molecule has 1 aliphatic rings. The maximum Gasteiger partial charge on any atom is 0.287 e. The largest absolute Gasteiger partial charge is 0.451 e. The lowest BCUT2D eigenvalue weighted by Gasteiger charge is -2.28. The van der Waals surface area contributed by atoms with Gasteiger partial charge >= 0.3 is 0 Å². The summed E-state index contributed by atoms with van der Waals surface area (Å²) in [7, 11) is 0. The minimum Gasteiger partial charge on any atom is -0.451 e. The summed E-state index contributed by atoms with van der Waals surface area (Å²) in [6.07, 6.45) is 2.17. The van der Waals surface area contributed by atoms with Crippen LogP contribution in [0.4, 0.5) is 4.39 Å². The van der Waals surface area contributed by atoms with E-state index in [1.807, 2.05) is 6.92 Å². The van der Waals surface area contributed by atoms with Crippen LogP contribution in [0, 0.1) is 11.7 Å². The molecule has 1 fully saturated rings. The molecule has 3 N–H and O–H groups in total. The lowest BCUT2D eigenvalue weighted by molar-refractivity contribution is 0.0871. The van der Waals surface area contributed by atoms with Gasteiger partial charge in [-0.25, -0.2) is 4.39 Å². The fourth-order valence-electron chi connectivity index (χ4n) is 2.49. The van der Waals surface area contributed by atoms with Crippen LogP contribution in [0.2, 0.25) is 0 Å². The van der Waals surface area contributed by atoms with Gasteiger partial charge in [0.15, 0.2) is 5.76 Å². The van der Waals surface area contributed by atoms with Crippen LogP contribution in [0.25, 0.3) is 11.0 Å². The molecule has 0 spiro atoms. The van der Waals surface area contributed by atoms with E-state index in [2.05, 4.69) is 5.32 Å². The SMILES string of the molecule is CC(CN)(NC(=O)c1cc2cc(F)ccc2o1)C1CC1. The first-order valence-corrected chi connectivity index (χ1v) is 6.73. The number of benzene rings is 1. The number of amides is 1. The zero-order valence-electron chi connectivity index (χ0n) is 11.3. The number of furan rings is 1. The average Bonchev–Trinajstić information content (AvgIpc) is 3.19. The second kappa shape index (κ2) is 4.59. The van der Waals surface area contributed by atoms with Crippen molar-refractivity contribution in [3.05, 3.63) is 35.8 Å². The molecular formula is C15H17FN2O2. The van der Waals surface area contributed by atoms with Crippen LogP contribution in [0.3, 0.4) is 0 Å². The van der Waals surface area contributed by atoms with Crippen LogP contribution in [-0.4, -0.2) is 18.0 Å². The molecule has 1 aromatic heterocycles. The lowest BCUT2D eigenvalue weighted by Crippen LogP contribution is -2.53. The summed E-state index contributed by atoms with van der Waals surface area (Å²) in [5.74, 6) is -0.0410. The molecule has 1 amide bonds. The number of fused-ring (bicyclic) bond motifs is 1. The predicted octanol–water partition coefficient (Wildman–Crippen LogP) is 2.43. The van der Waals surface area contributed by atoms with Crippen molar-refractivity contribution < 1.29 is 13.6 Å². The second-order valence-electron chi connectivity index (χ2n) is 5.64. The zero-order chi connectivity index (χ0) is 14.3. The molecule has 0 bridgehead atoms. The molecule has 0 radical (unpaired) electrons. The Morgan fingerprint density at radius 3 is 2.90 bits per heavy atom. The van der Waals surface area contributed by atoms with E-state index >= 15 is 0 Å². The Morgan fingerprint density at radius 1 is 1.50 bits per heavy atom. The number of carbonyl (C=O) groups is 1. The van der Waals surface area contributed by atoms with Crippen molar-refractivity contribution in [2.75, 3.05) is 6.54 Å². The molecule has 1 aliphatic carbocycles. The van der Waals surface area contributed by atoms with Crippen molar-refractivity contribution >= 4 is 16.9 Å². The number of nitrogens with one attached hydrogen (secondary N) is 1. The van der Waals surface area contributed by atoms with Crippen LogP contribution in [0.15, 0.2) is 28.7 Å². The van der Waals surface area contributed by atoms with Crippen molar-refractivity contribution in [2.45, 2.75) is 25.3 Å². The van der Waals surface area contributed by atoms with E-state index in [0.29, 0.717) is 23.4 Å². The Bertz CT molecular complexity index is 663. The van der Waals surface area contributed by atoms with Crippen LogP contribution in [0.5, 0.6) is 0 Å². The van der Waals surface area contributed by atoms with Crippen molar-refractivity contribution in [3.63, 3.8) is 0 Å². The van der Waals surface area contributed by atoms with E-state index in [-0.39, 0.29) is 17.5 Å². The molecule has 1 atom stereocenters. The summed E-state index contributed by atoms with van der Waals surface area (Å²) in [5, 5.41) is 3.53. The van der Waals surface area contributed by atoms with Gasteiger partial charge in [0.1, 0.15) is 11.4 Å². The van der Waals surface area contributed by atoms with E-state index < -0.39 is 5.54 Å². The van der Waals surface area contributed by atoms with Gasteiger partial charge in [-0.2, -0.15) is 0 Å². The number of nitrogens with two attached hydrogens (primary N) is 1. The number of halogens is 1. The number of carbonyl (C=O) groups excluding carboxylic acids is 1. The highest BCUT2D eigenvalue weighted by atomic mass is 19.1. The van der Waals surface area contributed by atoms with Gasteiger partial charge in [-0.3, -0.25) is 4.79 Å². The molecule has 3 rings (SSSR count). The normalized spacial score (nSPS) is 17.9. The molecule has 106 valence electrons. The molecule has 1 aromatic carbocycles. The van der Waals surface area contributed by atoms with Gasteiger partial charge in [0, 0.05) is 11.9 Å². The highest BCUT2D eigenvalue weighted by Crippen LogP contribution is 2.39. The van der Waals surface area contributed by atoms with Crippen molar-refractivity contribution in [1.82, 2.24) is 5.32 Å². The summed E-state index contributed by atoms with van der Waals surface area (Å²) in [6, 6.07) is 5.72. The summed E-state index contributed by atoms with van der Waals surface area (Å²) >= 11 is 0. The van der Waals surface area contributed by atoms with Gasteiger partial charge in [-0.05, 0) is 49.9 Å². The maximum absolute atomic E-state index is 13.1. The molecule has 5 heteroatoms. The van der Waals surface area contributed by atoms with Gasteiger partial charge < -0.3 is 15.5 Å². The molecule has 0 aliphatic heterocycles. The fourth-order valence-corrected chi connectivity index (χ4v) is 2.49. The molecule has 1 saturated carbocycles. The quantitative estimate of drug-likeness (QED) is 0.901. The Morgan fingerprint density at radius 2 is 2.25 bits per heavy atom. The Balaban J connectivity index is 1.85. The zero-order valence-corrected chi connectivity index (χ0v) is 11.3. The van der Waals surface area contributed by atoms with E-state index in [1.165, 1.54) is 18.2 Å².